The summed E-state index contributed by atoms with van der Waals surface area (Å²) >= 11 is 0. The molecule has 9 heavy (non-hydrogen) atoms. The Hall–Kier alpha value is -0.603. The van der Waals surface area contributed by atoms with Crippen LogP contribution in [-0.2, 0) is 4.43 Å². The third kappa shape index (κ3) is 1.66. The van der Waals surface area contributed by atoms with Crippen molar-refractivity contribution in [2.75, 3.05) is 0 Å². The molecule has 0 heterocycles. The summed E-state index contributed by atoms with van der Waals surface area (Å²) in [5, 5.41) is 0. The maximum atomic E-state index is 4.84. The zero-order valence-electron chi connectivity index (χ0n) is 5.26. The fourth-order valence-corrected chi connectivity index (χ4v) is 0.625. The highest BCUT2D eigenvalue weighted by atomic mass is 28.2. The van der Waals surface area contributed by atoms with Crippen molar-refractivity contribution in [1.82, 2.24) is 0 Å². The number of hydrogen-bond donors (Lipinski definition) is 0. The van der Waals surface area contributed by atoms with Gasteiger partial charge in [0.1, 0.15) is 5.60 Å². The zero-order chi connectivity index (χ0) is 7.33. The van der Waals surface area contributed by atoms with Gasteiger partial charge in [-0.15, -0.1) is 0 Å². The molecule has 0 aliphatic rings. The summed E-state index contributed by atoms with van der Waals surface area (Å²) in [4.78, 5) is 0. The van der Waals surface area contributed by atoms with E-state index in [-0.39, 0.29) is 0 Å². The summed E-state index contributed by atoms with van der Waals surface area (Å²) in [6.45, 7) is 10.6. The van der Waals surface area contributed by atoms with Crippen LogP contribution in [0.1, 0.15) is 0 Å². The molecular formula is C7H9OSi. The molecule has 1 nitrogen and oxygen atoms in total. The molecule has 2 heteroatoms. The van der Waals surface area contributed by atoms with Gasteiger partial charge in [0.05, 0.1) is 0 Å². The lowest BCUT2D eigenvalue weighted by Gasteiger charge is -2.19. The van der Waals surface area contributed by atoms with Crippen LogP contribution in [-0.4, -0.2) is 16.1 Å². The first-order chi connectivity index (χ1) is 4.24. The molecule has 0 amide bonds. The predicted octanol–water partition coefficient (Wildman–Crippen LogP) is 1.38. The summed E-state index contributed by atoms with van der Waals surface area (Å²) in [6.07, 6.45) is 4.79. The second-order valence-electron chi connectivity index (χ2n) is 1.57. The Balaban J connectivity index is 4.34. The van der Waals surface area contributed by atoms with Crippen LogP contribution in [0, 0.1) is 0 Å². The maximum absolute atomic E-state index is 4.84. The average Bonchev–Trinajstić information content (AvgIpc) is 1.95. The van der Waals surface area contributed by atoms with Crippen LogP contribution < -0.4 is 0 Å². The smallest absolute Gasteiger partial charge is 0.248 e. The van der Waals surface area contributed by atoms with E-state index < -0.39 is 5.60 Å². The van der Waals surface area contributed by atoms with Crippen LogP contribution in [0.15, 0.2) is 38.0 Å². The quantitative estimate of drug-likeness (QED) is 0.420. The lowest BCUT2D eigenvalue weighted by atomic mass is 10.1. The van der Waals surface area contributed by atoms with Crippen molar-refractivity contribution in [1.29, 1.82) is 0 Å². The van der Waals surface area contributed by atoms with Gasteiger partial charge in [-0.3, -0.25) is 0 Å². The molecule has 0 saturated carbocycles. The van der Waals surface area contributed by atoms with Crippen LogP contribution >= 0.6 is 0 Å². The minimum absolute atomic E-state index is 0.628. The monoisotopic (exact) mass is 137 g/mol. The van der Waals surface area contributed by atoms with Gasteiger partial charge in [-0.1, -0.05) is 38.0 Å². The lowest BCUT2D eigenvalue weighted by molar-refractivity contribution is 0.247. The van der Waals surface area contributed by atoms with Gasteiger partial charge in [0, 0.05) is 0 Å². The summed E-state index contributed by atoms with van der Waals surface area (Å²) in [6, 6.07) is 0. The van der Waals surface area contributed by atoms with Crippen molar-refractivity contribution >= 4 is 10.5 Å². The third-order valence-corrected chi connectivity index (χ3v) is 1.49. The molecule has 3 radical (unpaired) electrons. The number of rotatable bonds is 4. The van der Waals surface area contributed by atoms with Crippen molar-refractivity contribution in [2.45, 2.75) is 5.60 Å². The van der Waals surface area contributed by atoms with E-state index in [4.69, 9.17) is 4.43 Å². The normalized spacial score (nSPS) is 10.3. The lowest BCUT2D eigenvalue weighted by Crippen LogP contribution is -2.22. The maximum Gasteiger partial charge on any atom is 0.248 e. The standard InChI is InChI=1S/C7H9OSi/c1-4-7(5-2,6-3)8-9/h4-6H,1-3H2. The van der Waals surface area contributed by atoms with Crippen LogP contribution in [0.3, 0.4) is 0 Å². The molecule has 0 aliphatic carbocycles. The molecular weight excluding hydrogens is 128 g/mol. The molecule has 0 aromatic rings. The number of hydrogen-bond acceptors (Lipinski definition) is 1. The van der Waals surface area contributed by atoms with Gasteiger partial charge < -0.3 is 4.43 Å². The van der Waals surface area contributed by atoms with Gasteiger partial charge in [-0.05, 0) is 0 Å². The summed E-state index contributed by atoms with van der Waals surface area (Å²) in [5.74, 6) is 0. The first-order valence-electron chi connectivity index (χ1n) is 2.50. The second-order valence-corrected chi connectivity index (χ2v) is 1.77. The van der Waals surface area contributed by atoms with Crippen molar-refractivity contribution < 1.29 is 4.43 Å². The Bertz CT molecular complexity index is 107. The minimum atomic E-state index is -0.628. The fraction of sp³-hybridized carbons (Fsp3) is 0.143. The van der Waals surface area contributed by atoms with Gasteiger partial charge in [0.2, 0.25) is 10.5 Å². The van der Waals surface area contributed by atoms with E-state index in [1.807, 2.05) is 0 Å². The van der Waals surface area contributed by atoms with Gasteiger partial charge in [-0.2, -0.15) is 0 Å². The molecule has 0 aliphatic heterocycles. The second kappa shape index (κ2) is 3.43. The van der Waals surface area contributed by atoms with Gasteiger partial charge in [0.15, 0.2) is 0 Å². The molecule has 0 saturated heterocycles. The van der Waals surface area contributed by atoms with E-state index in [0.717, 1.165) is 0 Å². The Morgan fingerprint density at radius 2 is 1.44 bits per heavy atom. The SMILES string of the molecule is C=CC(C=C)(C=C)O[Si]. The first kappa shape index (κ1) is 8.40. The van der Waals surface area contributed by atoms with Crippen LogP contribution in [0.5, 0.6) is 0 Å². The molecule has 0 atom stereocenters. The van der Waals surface area contributed by atoms with Gasteiger partial charge >= 0.3 is 0 Å². The average molecular weight is 137 g/mol. The van der Waals surface area contributed by atoms with Crippen molar-refractivity contribution in [3.05, 3.63) is 38.0 Å². The van der Waals surface area contributed by atoms with Crippen molar-refractivity contribution in [3.63, 3.8) is 0 Å². The Morgan fingerprint density at radius 3 is 1.44 bits per heavy atom. The Kier molecular flexibility index (Phi) is 3.20. The molecule has 0 rings (SSSR count). The van der Waals surface area contributed by atoms with E-state index in [9.17, 15) is 0 Å². The van der Waals surface area contributed by atoms with Crippen molar-refractivity contribution in [3.8, 4) is 0 Å². The molecule has 0 unspecified atom stereocenters. The van der Waals surface area contributed by atoms with Crippen LogP contribution in [0.2, 0.25) is 0 Å². The van der Waals surface area contributed by atoms with Crippen molar-refractivity contribution in [2.24, 2.45) is 0 Å². The van der Waals surface area contributed by atoms with E-state index >= 15 is 0 Å². The molecule has 0 aromatic heterocycles. The zero-order valence-corrected chi connectivity index (χ0v) is 6.26. The van der Waals surface area contributed by atoms with Gasteiger partial charge in [-0.25, -0.2) is 0 Å². The minimum Gasteiger partial charge on any atom is -0.403 e. The molecule has 0 bridgehead atoms. The van der Waals surface area contributed by atoms with Gasteiger partial charge in [0.25, 0.3) is 0 Å². The first-order valence-corrected chi connectivity index (χ1v) is 2.91. The summed E-state index contributed by atoms with van der Waals surface area (Å²) in [5.41, 5.74) is -0.628. The summed E-state index contributed by atoms with van der Waals surface area (Å²) in [7, 11) is 2.89. The Labute approximate surface area is 59.3 Å². The highest BCUT2D eigenvalue weighted by Crippen LogP contribution is 2.12. The largest absolute Gasteiger partial charge is 0.403 e. The predicted molar refractivity (Wildman–Crippen MR) is 40.2 cm³/mol. The third-order valence-electron chi connectivity index (χ3n) is 1.13. The topological polar surface area (TPSA) is 9.23 Å². The highest BCUT2D eigenvalue weighted by molar-refractivity contribution is 5.98. The Morgan fingerprint density at radius 1 is 1.11 bits per heavy atom. The summed E-state index contributed by atoms with van der Waals surface area (Å²) < 4.78 is 4.84. The molecule has 0 spiro atoms. The van der Waals surface area contributed by atoms with E-state index in [1.165, 1.54) is 0 Å². The molecule has 0 aromatic carbocycles. The molecule has 0 fully saturated rings. The van der Waals surface area contributed by atoms with E-state index in [0.29, 0.717) is 0 Å². The van der Waals surface area contributed by atoms with Crippen LogP contribution in [0.25, 0.3) is 0 Å². The fourth-order valence-electron chi connectivity index (χ4n) is 0.375. The van der Waals surface area contributed by atoms with Crippen LogP contribution in [0.4, 0.5) is 0 Å². The van der Waals surface area contributed by atoms with E-state index in [2.05, 4.69) is 30.2 Å². The molecule has 47 valence electrons. The highest BCUT2D eigenvalue weighted by Gasteiger charge is 2.14. The molecule has 0 N–H and O–H groups in total. The van der Waals surface area contributed by atoms with E-state index in [1.54, 1.807) is 18.2 Å².